The molecule has 1 fully saturated rings. The van der Waals surface area contributed by atoms with Gasteiger partial charge in [0.15, 0.2) is 0 Å². The molecule has 1 rings (SSSR count). The summed E-state index contributed by atoms with van der Waals surface area (Å²) in [6, 6.07) is 0. The molecule has 0 aromatic carbocycles. The first-order valence-electron chi connectivity index (χ1n) is 3.70. The topological polar surface area (TPSA) is 42.0 Å². The van der Waals surface area contributed by atoms with Crippen LogP contribution in [-0.4, -0.2) is 37.1 Å². The van der Waals surface area contributed by atoms with Gasteiger partial charge in [0.25, 0.3) is 0 Å². The van der Waals surface area contributed by atoms with Gasteiger partial charge >= 0.3 is 0 Å². The van der Waals surface area contributed by atoms with E-state index in [9.17, 15) is 0 Å². The van der Waals surface area contributed by atoms with Crippen LogP contribution in [0, 0.1) is 0 Å². The van der Waals surface area contributed by atoms with Gasteiger partial charge in [-0.15, -0.1) is 0 Å². The maximum absolute atomic E-state index is 9.03. The minimum absolute atomic E-state index is 0.307. The summed E-state index contributed by atoms with van der Waals surface area (Å²) < 4.78 is 10.1. The van der Waals surface area contributed by atoms with E-state index in [1.54, 1.807) is 0 Å². The second kappa shape index (κ2) is 3.91. The largest absolute Gasteiger partial charge is 0.391 e. The Bertz CT molecular complexity index is 90.9. The van der Waals surface area contributed by atoms with Crippen LogP contribution >= 0.6 is 0 Å². The quantitative estimate of drug-likeness (QED) is 0.562. The van der Waals surface area contributed by atoms with Crippen molar-refractivity contribution >= 4 is 0 Å². The average molecular weight is 146 g/mol. The van der Waals surface area contributed by atoms with Gasteiger partial charge in [-0.2, -0.15) is 0 Å². The summed E-state index contributed by atoms with van der Waals surface area (Å²) in [6.07, 6.45) is 0.758. The fourth-order valence-electron chi connectivity index (χ4n) is 0.618. The fourth-order valence-corrected chi connectivity index (χ4v) is 0.618. The second-order valence-electron chi connectivity index (χ2n) is 2.55. The predicted molar refractivity (Wildman–Crippen MR) is 36.9 cm³/mol. The van der Waals surface area contributed by atoms with Crippen molar-refractivity contribution in [3.8, 4) is 0 Å². The van der Waals surface area contributed by atoms with Crippen LogP contribution in [0.15, 0.2) is 0 Å². The van der Waals surface area contributed by atoms with E-state index in [-0.39, 0.29) is 6.10 Å². The number of epoxide rings is 1. The lowest BCUT2D eigenvalue weighted by Crippen LogP contribution is -2.15. The van der Waals surface area contributed by atoms with Crippen molar-refractivity contribution in [1.82, 2.24) is 0 Å². The van der Waals surface area contributed by atoms with Crippen LogP contribution in [-0.2, 0) is 9.47 Å². The van der Waals surface area contributed by atoms with Crippen molar-refractivity contribution in [1.29, 1.82) is 0 Å². The minimum atomic E-state index is -0.307. The Morgan fingerprint density at radius 1 is 1.80 bits per heavy atom. The van der Waals surface area contributed by atoms with E-state index in [1.807, 2.05) is 6.92 Å². The molecule has 0 aliphatic carbocycles. The standard InChI is InChI=1S/C7H14O3/c1-2-6(8)3-9-4-7-5-10-7/h6-8H,2-5H2,1H3. The molecule has 1 N–H and O–H groups in total. The highest BCUT2D eigenvalue weighted by Crippen LogP contribution is 2.08. The second-order valence-corrected chi connectivity index (χ2v) is 2.55. The van der Waals surface area contributed by atoms with E-state index in [0.29, 0.717) is 19.3 Å². The Morgan fingerprint density at radius 2 is 2.50 bits per heavy atom. The van der Waals surface area contributed by atoms with Crippen LogP contribution in [0.3, 0.4) is 0 Å². The first-order chi connectivity index (χ1) is 4.83. The maximum atomic E-state index is 9.03. The molecule has 1 aliphatic heterocycles. The van der Waals surface area contributed by atoms with E-state index in [1.165, 1.54) is 0 Å². The number of hydrogen-bond donors (Lipinski definition) is 1. The summed E-state index contributed by atoms with van der Waals surface area (Å²) >= 11 is 0. The van der Waals surface area contributed by atoms with Gasteiger partial charge in [0, 0.05) is 0 Å². The smallest absolute Gasteiger partial charge is 0.104 e. The Balaban J connectivity index is 1.83. The van der Waals surface area contributed by atoms with Crippen LogP contribution in [0.4, 0.5) is 0 Å². The highest BCUT2D eigenvalue weighted by atomic mass is 16.6. The van der Waals surface area contributed by atoms with Crippen LogP contribution < -0.4 is 0 Å². The highest BCUT2D eigenvalue weighted by Gasteiger charge is 2.22. The highest BCUT2D eigenvalue weighted by molar-refractivity contribution is 4.67. The molecular formula is C7H14O3. The molecule has 0 radical (unpaired) electrons. The summed E-state index contributed by atoms with van der Waals surface area (Å²) in [6.45, 7) is 3.83. The van der Waals surface area contributed by atoms with Crippen molar-refractivity contribution in [3.63, 3.8) is 0 Å². The van der Waals surface area contributed by atoms with Gasteiger partial charge in [0.05, 0.1) is 25.9 Å². The number of aliphatic hydroxyl groups is 1. The monoisotopic (exact) mass is 146 g/mol. The van der Waals surface area contributed by atoms with Crippen molar-refractivity contribution in [2.24, 2.45) is 0 Å². The fraction of sp³-hybridized carbons (Fsp3) is 1.00. The molecule has 0 aromatic rings. The molecule has 2 unspecified atom stereocenters. The molecule has 1 saturated heterocycles. The van der Waals surface area contributed by atoms with Gasteiger partial charge in [-0.05, 0) is 6.42 Å². The zero-order valence-electron chi connectivity index (χ0n) is 6.25. The van der Waals surface area contributed by atoms with E-state index in [2.05, 4.69) is 0 Å². The normalized spacial score (nSPS) is 26.4. The van der Waals surface area contributed by atoms with Gasteiger partial charge in [-0.1, -0.05) is 6.92 Å². The molecular weight excluding hydrogens is 132 g/mol. The van der Waals surface area contributed by atoms with Crippen molar-refractivity contribution in [2.45, 2.75) is 25.6 Å². The zero-order chi connectivity index (χ0) is 7.40. The van der Waals surface area contributed by atoms with E-state index < -0.39 is 0 Å². The average Bonchev–Trinajstić information content (AvgIpc) is 2.71. The molecule has 1 heterocycles. The lowest BCUT2D eigenvalue weighted by atomic mass is 10.3. The Kier molecular flexibility index (Phi) is 3.12. The van der Waals surface area contributed by atoms with Crippen LogP contribution in [0.1, 0.15) is 13.3 Å². The molecule has 0 saturated carbocycles. The van der Waals surface area contributed by atoms with Gasteiger partial charge in [0.1, 0.15) is 6.10 Å². The van der Waals surface area contributed by atoms with Gasteiger partial charge in [-0.25, -0.2) is 0 Å². The van der Waals surface area contributed by atoms with E-state index in [4.69, 9.17) is 14.6 Å². The van der Waals surface area contributed by atoms with Gasteiger partial charge in [0.2, 0.25) is 0 Å². The van der Waals surface area contributed by atoms with Crippen LogP contribution in [0.2, 0.25) is 0 Å². The molecule has 3 heteroatoms. The van der Waals surface area contributed by atoms with Crippen LogP contribution in [0.5, 0.6) is 0 Å². The summed E-state index contributed by atoms with van der Waals surface area (Å²) in [5.41, 5.74) is 0. The maximum Gasteiger partial charge on any atom is 0.104 e. The first-order valence-corrected chi connectivity index (χ1v) is 3.70. The van der Waals surface area contributed by atoms with Crippen molar-refractivity contribution in [3.05, 3.63) is 0 Å². The summed E-state index contributed by atoms with van der Waals surface area (Å²) in [5.74, 6) is 0. The summed E-state index contributed by atoms with van der Waals surface area (Å²) in [4.78, 5) is 0. The zero-order valence-corrected chi connectivity index (χ0v) is 6.25. The summed E-state index contributed by atoms with van der Waals surface area (Å²) in [7, 11) is 0. The lowest BCUT2D eigenvalue weighted by molar-refractivity contribution is 0.0288. The van der Waals surface area contributed by atoms with Gasteiger partial charge < -0.3 is 14.6 Å². The molecule has 0 bridgehead atoms. The third kappa shape index (κ3) is 3.15. The number of ether oxygens (including phenoxy) is 2. The van der Waals surface area contributed by atoms with Gasteiger partial charge in [-0.3, -0.25) is 0 Å². The number of aliphatic hydroxyl groups excluding tert-OH is 1. The molecule has 10 heavy (non-hydrogen) atoms. The van der Waals surface area contributed by atoms with E-state index >= 15 is 0 Å². The van der Waals surface area contributed by atoms with Crippen LogP contribution in [0.25, 0.3) is 0 Å². The van der Waals surface area contributed by atoms with Crippen molar-refractivity contribution < 1.29 is 14.6 Å². The molecule has 1 aliphatic rings. The molecule has 0 spiro atoms. The molecule has 0 amide bonds. The van der Waals surface area contributed by atoms with Crippen molar-refractivity contribution in [2.75, 3.05) is 19.8 Å². The molecule has 3 nitrogen and oxygen atoms in total. The molecule has 0 aromatic heterocycles. The Morgan fingerprint density at radius 3 is 3.00 bits per heavy atom. The Labute approximate surface area is 60.9 Å². The van der Waals surface area contributed by atoms with E-state index in [0.717, 1.165) is 13.0 Å². The third-order valence-corrected chi connectivity index (χ3v) is 1.49. The molecule has 2 atom stereocenters. The SMILES string of the molecule is CCC(O)COCC1CO1. The predicted octanol–water partition coefficient (Wildman–Crippen LogP) is 0.173. The molecule has 60 valence electrons. The Hall–Kier alpha value is -0.120. The minimum Gasteiger partial charge on any atom is -0.391 e. The summed E-state index contributed by atoms with van der Waals surface area (Å²) in [5, 5.41) is 9.03. The first kappa shape index (κ1) is 7.98. The number of rotatable bonds is 5. The third-order valence-electron chi connectivity index (χ3n) is 1.49. The number of hydrogen-bond acceptors (Lipinski definition) is 3. The lowest BCUT2D eigenvalue weighted by Gasteiger charge is -2.06.